The third-order valence-corrected chi connectivity index (χ3v) is 3.89. The van der Waals surface area contributed by atoms with Crippen molar-refractivity contribution in [1.29, 1.82) is 0 Å². The number of hydrogen-bond donors (Lipinski definition) is 0. The van der Waals surface area contributed by atoms with Gasteiger partial charge in [-0.25, -0.2) is 0 Å². The number of hydrogen-bond acceptors (Lipinski definition) is 3. The molecule has 0 atom stereocenters. The highest BCUT2D eigenvalue weighted by atomic mass is 32.2. The van der Waals surface area contributed by atoms with Crippen molar-refractivity contribution in [3.8, 4) is 0 Å². The lowest BCUT2D eigenvalue weighted by molar-refractivity contribution is -0.154. The maximum atomic E-state index is 11.7. The topological polar surface area (TPSA) is 40.6 Å². The van der Waals surface area contributed by atoms with Gasteiger partial charge in [-0.1, -0.05) is 18.2 Å². The van der Waals surface area contributed by atoms with Crippen molar-refractivity contribution in [2.75, 3.05) is 32.4 Å². The fourth-order valence-corrected chi connectivity index (χ4v) is 2.67. The zero-order valence-electron chi connectivity index (χ0n) is 10.3. The smallest absolute Gasteiger partial charge is 0.312 e. The van der Waals surface area contributed by atoms with E-state index in [-0.39, 0.29) is 5.91 Å². The molecule has 0 N–H and O–H groups in total. The first-order chi connectivity index (χ1) is 8.68. The lowest BCUT2D eigenvalue weighted by Gasteiger charge is -2.31. The summed E-state index contributed by atoms with van der Waals surface area (Å²) in [5.41, 5.74) is 0. The number of piperazine rings is 1. The highest BCUT2D eigenvalue weighted by molar-refractivity contribution is 7.99. The number of benzene rings is 1. The second-order valence-corrected chi connectivity index (χ2v) is 5.35. The Morgan fingerprint density at radius 2 is 1.83 bits per heavy atom. The van der Waals surface area contributed by atoms with E-state index in [1.165, 1.54) is 9.80 Å². The second kappa shape index (κ2) is 5.91. The van der Waals surface area contributed by atoms with E-state index in [0.717, 1.165) is 5.75 Å². The minimum Gasteiger partial charge on any atom is -0.336 e. The monoisotopic (exact) mass is 264 g/mol. The number of thioether (sulfide) groups is 1. The lowest BCUT2D eigenvalue weighted by atomic mass is 10.3. The van der Waals surface area contributed by atoms with Crippen LogP contribution in [0.1, 0.15) is 0 Å². The molecule has 0 bridgehead atoms. The zero-order valence-corrected chi connectivity index (χ0v) is 11.2. The zero-order chi connectivity index (χ0) is 13.0. The molecule has 0 radical (unpaired) electrons. The first-order valence-corrected chi connectivity index (χ1v) is 6.89. The molecule has 18 heavy (non-hydrogen) atoms. The Hall–Kier alpha value is -1.49. The number of rotatable bonds is 4. The largest absolute Gasteiger partial charge is 0.336 e. The van der Waals surface area contributed by atoms with E-state index in [9.17, 15) is 9.59 Å². The van der Waals surface area contributed by atoms with Crippen molar-refractivity contribution in [2.24, 2.45) is 0 Å². The van der Waals surface area contributed by atoms with E-state index in [1.54, 1.807) is 23.7 Å². The Balaban J connectivity index is 1.81. The van der Waals surface area contributed by atoms with Crippen LogP contribution >= 0.6 is 11.8 Å². The Morgan fingerprint density at radius 3 is 2.56 bits per heavy atom. The minimum atomic E-state index is -0.397. The average Bonchev–Trinajstić information content (AvgIpc) is 2.40. The fourth-order valence-electron chi connectivity index (χ4n) is 1.78. The molecule has 0 spiro atoms. The highest BCUT2D eigenvalue weighted by Crippen LogP contribution is 2.17. The number of nitrogens with zero attached hydrogens (tertiary/aromatic N) is 2. The van der Waals surface area contributed by atoms with Gasteiger partial charge in [0.25, 0.3) is 0 Å². The molecule has 4 nitrogen and oxygen atoms in total. The van der Waals surface area contributed by atoms with Crippen LogP contribution in [0.2, 0.25) is 0 Å². The van der Waals surface area contributed by atoms with Crippen LogP contribution in [0, 0.1) is 0 Å². The summed E-state index contributed by atoms with van der Waals surface area (Å²) in [6, 6.07) is 10.1. The number of carbonyl (C=O) groups is 2. The van der Waals surface area contributed by atoms with Crippen LogP contribution < -0.4 is 0 Å². The van der Waals surface area contributed by atoms with Crippen molar-refractivity contribution in [3.63, 3.8) is 0 Å². The van der Waals surface area contributed by atoms with Gasteiger partial charge in [0, 0.05) is 37.3 Å². The molecule has 1 aromatic rings. The summed E-state index contributed by atoms with van der Waals surface area (Å²) in [7, 11) is 1.66. The highest BCUT2D eigenvalue weighted by Gasteiger charge is 2.29. The molecule has 0 unspecified atom stereocenters. The number of carbonyl (C=O) groups excluding carboxylic acids is 2. The Bertz CT molecular complexity index is 436. The molecule has 1 aromatic carbocycles. The summed E-state index contributed by atoms with van der Waals surface area (Å²) in [6.45, 7) is 1.88. The molecular weight excluding hydrogens is 248 g/mol. The standard InChI is InChI=1S/C13H16N2O2S/c1-14-7-8-15(13(17)12(14)16)9-10-18-11-5-3-2-4-6-11/h2-6H,7-10H2,1H3. The first kappa shape index (κ1) is 13.0. The predicted molar refractivity (Wildman–Crippen MR) is 71.4 cm³/mol. The van der Waals surface area contributed by atoms with Crippen molar-refractivity contribution in [1.82, 2.24) is 9.80 Å². The van der Waals surface area contributed by atoms with Gasteiger partial charge in [-0.15, -0.1) is 11.8 Å². The van der Waals surface area contributed by atoms with E-state index in [1.807, 2.05) is 30.3 Å². The molecule has 0 saturated carbocycles. The van der Waals surface area contributed by atoms with Crippen molar-refractivity contribution in [3.05, 3.63) is 30.3 Å². The van der Waals surface area contributed by atoms with E-state index in [4.69, 9.17) is 0 Å². The number of amides is 2. The van der Waals surface area contributed by atoms with Gasteiger partial charge in [0.15, 0.2) is 0 Å². The van der Waals surface area contributed by atoms with E-state index < -0.39 is 5.91 Å². The van der Waals surface area contributed by atoms with Crippen LogP contribution in [-0.4, -0.2) is 54.0 Å². The Morgan fingerprint density at radius 1 is 1.11 bits per heavy atom. The molecular formula is C13H16N2O2S. The van der Waals surface area contributed by atoms with Gasteiger partial charge in [-0.2, -0.15) is 0 Å². The SMILES string of the molecule is CN1CCN(CCSc2ccccc2)C(=O)C1=O. The van der Waals surface area contributed by atoms with E-state index in [2.05, 4.69) is 0 Å². The Labute approximate surface area is 111 Å². The number of likely N-dealkylation sites (N-methyl/N-ethyl adjacent to an activating group) is 1. The van der Waals surface area contributed by atoms with Crippen LogP contribution in [0.25, 0.3) is 0 Å². The van der Waals surface area contributed by atoms with Gasteiger partial charge in [-0.3, -0.25) is 9.59 Å². The van der Waals surface area contributed by atoms with Gasteiger partial charge in [0.2, 0.25) is 0 Å². The van der Waals surface area contributed by atoms with Crippen LogP contribution in [0.5, 0.6) is 0 Å². The first-order valence-electron chi connectivity index (χ1n) is 5.90. The second-order valence-electron chi connectivity index (χ2n) is 4.18. The summed E-state index contributed by atoms with van der Waals surface area (Å²) < 4.78 is 0. The predicted octanol–water partition coefficient (Wildman–Crippen LogP) is 1.08. The summed E-state index contributed by atoms with van der Waals surface area (Å²) in [5, 5.41) is 0. The van der Waals surface area contributed by atoms with E-state index in [0.29, 0.717) is 19.6 Å². The lowest BCUT2D eigenvalue weighted by Crippen LogP contribution is -2.53. The molecule has 1 heterocycles. The molecule has 2 rings (SSSR count). The summed E-state index contributed by atoms with van der Waals surface area (Å²) in [6.07, 6.45) is 0. The molecule has 1 saturated heterocycles. The van der Waals surface area contributed by atoms with Gasteiger partial charge in [-0.05, 0) is 12.1 Å². The van der Waals surface area contributed by atoms with Crippen molar-refractivity contribution < 1.29 is 9.59 Å². The van der Waals surface area contributed by atoms with Crippen LogP contribution in [-0.2, 0) is 9.59 Å². The molecule has 0 aliphatic carbocycles. The molecule has 2 amide bonds. The molecule has 1 aliphatic rings. The minimum absolute atomic E-state index is 0.377. The molecule has 1 fully saturated rings. The normalized spacial score (nSPS) is 16.3. The van der Waals surface area contributed by atoms with Crippen molar-refractivity contribution in [2.45, 2.75) is 4.90 Å². The maximum absolute atomic E-state index is 11.7. The third-order valence-electron chi connectivity index (χ3n) is 2.90. The van der Waals surface area contributed by atoms with Gasteiger partial charge >= 0.3 is 11.8 Å². The fraction of sp³-hybridized carbons (Fsp3) is 0.385. The van der Waals surface area contributed by atoms with Crippen molar-refractivity contribution >= 4 is 23.6 Å². The summed E-state index contributed by atoms with van der Waals surface area (Å²) in [5.74, 6) is 0.0376. The maximum Gasteiger partial charge on any atom is 0.312 e. The van der Waals surface area contributed by atoms with Crippen LogP contribution in [0.4, 0.5) is 0 Å². The van der Waals surface area contributed by atoms with Gasteiger partial charge in [0.05, 0.1) is 0 Å². The van der Waals surface area contributed by atoms with Gasteiger partial charge in [0.1, 0.15) is 0 Å². The van der Waals surface area contributed by atoms with Crippen LogP contribution in [0.3, 0.4) is 0 Å². The quantitative estimate of drug-likeness (QED) is 0.603. The molecule has 0 aromatic heterocycles. The third kappa shape index (κ3) is 3.04. The molecule has 96 valence electrons. The molecule has 1 aliphatic heterocycles. The molecule has 5 heteroatoms. The summed E-state index contributed by atoms with van der Waals surface area (Å²) in [4.78, 5) is 27.5. The van der Waals surface area contributed by atoms with E-state index >= 15 is 0 Å². The Kier molecular flexibility index (Phi) is 4.25. The average molecular weight is 264 g/mol. The van der Waals surface area contributed by atoms with Gasteiger partial charge < -0.3 is 9.80 Å². The van der Waals surface area contributed by atoms with Crippen LogP contribution in [0.15, 0.2) is 35.2 Å². The summed E-state index contributed by atoms with van der Waals surface area (Å²) >= 11 is 1.70.